The van der Waals surface area contributed by atoms with Gasteiger partial charge in [0.05, 0.1) is 5.69 Å². The van der Waals surface area contributed by atoms with Crippen LogP contribution in [0.5, 0.6) is 0 Å². The number of benzene rings is 1. The molecule has 0 spiro atoms. The van der Waals surface area contributed by atoms with E-state index in [0.29, 0.717) is 11.4 Å². The lowest BCUT2D eigenvalue weighted by molar-refractivity contribution is 0.795. The number of nitrogens with one attached hydrogen (secondary N) is 1. The van der Waals surface area contributed by atoms with Crippen molar-refractivity contribution in [1.82, 2.24) is 10.2 Å². The van der Waals surface area contributed by atoms with E-state index in [1.165, 1.54) is 18.4 Å². The molecule has 0 radical (unpaired) electrons. The zero-order chi connectivity index (χ0) is 15.2. The number of nitriles is 1. The number of rotatable bonds is 5. The molecule has 0 bridgehead atoms. The van der Waals surface area contributed by atoms with Crippen molar-refractivity contribution in [3.8, 4) is 6.07 Å². The Morgan fingerprint density at radius 1 is 1.14 bits per heavy atom. The molecule has 4 heteroatoms. The van der Waals surface area contributed by atoms with E-state index in [2.05, 4.69) is 40.6 Å². The van der Waals surface area contributed by atoms with Crippen LogP contribution in [-0.4, -0.2) is 10.2 Å². The van der Waals surface area contributed by atoms with Crippen molar-refractivity contribution >= 4 is 11.5 Å². The van der Waals surface area contributed by atoms with Gasteiger partial charge in [0.25, 0.3) is 0 Å². The second-order valence-electron chi connectivity index (χ2n) is 5.17. The molecule has 1 N–H and O–H groups in total. The fourth-order valence-corrected chi connectivity index (χ4v) is 2.11. The fraction of sp³-hybridized carbons (Fsp3) is 0.353. The minimum atomic E-state index is 0.516. The molecule has 4 nitrogen and oxygen atoms in total. The van der Waals surface area contributed by atoms with Gasteiger partial charge in [-0.1, -0.05) is 25.5 Å². The number of anilines is 2. The zero-order valence-electron chi connectivity index (χ0n) is 12.8. The molecule has 1 aromatic heterocycles. The van der Waals surface area contributed by atoms with Crippen molar-refractivity contribution < 1.29 is 0 Å². The lowest BCUT2D eigenvalue weighted by atomic mass is 10.1. The van der Waals surface area contributed by atoms with Crippen LogP contribution in [0.25, 0.3) is 0 Å². The lowest BCUT2D eigenvalue weighted by Crippen LogP contribution is -2.03. The first-order valence-corrected chi connectivity index (χ1v) is 7.25. The van der Waals surface area contributed by atoms with E-state index in [9.17, 15) is 5.26 Å². The van der Waals surface area contributed by atoms with Crippen molar-refractivity contribution in [3.05, 3.63) is 46.6 Å². The first kappa shape index (κ1) is 15.0. The monoisotopic (exact) mass is 280 g/mol. The maximum absolute atomic E-state index is 9.29. The first-order valence-electron chi connectivity index (χ1n) is 7.25. The van der Waals surface area contributed by atoms with E-state index in [1.54, 1.807) is 0 Å². The summed E-state index contributed by atoms with van der Waals surface area (Å²) in [5.74, 6) is 0.516. The first-order chi connectivity index (χ1) is 10.2. The number of hydrogen-bond donors (Lipinski definition) is 1. The van der Waals surface area contributed by atoms with Crippen LogP contribution in [0.1, 0.15) is 42.1 Å². The molecule has 2 aromatic rings. The number of unbranched alkanes of at least 4 members (excludes halogenated alkanes) is 1. The smallest absolute Gasteiger partial charge is 0.171 e. The molecule has 0 amide bonds. The Morgan fingerprint density at radius 3 is 2.48 bits per heavy atom. The highest BCUT2D eigenvalue weighted by Crippen LogP contribution is 2.22. The highest BCUT2D eigenvalue weighted by molar-refractivity contribution is 5.64. The van der Waals surface area contributed by atoms with Gasteiger partial charge in [0.15, 0.2) is 5.82 Å². The standard InChI is InChI=1S/C17H20N4/c1-4-5-6-14-7-9-15(10-8-14)19-17-16(11-18)12(2)13(3)20-21-17/h7-10H,4-6H2,1-3H3,(H,19,21). The molecule has 0 aliphatic carbocycles. The van der Waals surface area contributed by atoms with E-state index in [4.69, 9.17) is 0 Å². The number of nitrogens with zero attached hydrogens (tertiary/aromatic N) is 3. The van der Waals surface area contributed by atoms with Crippen LogP contribution in [0.4, 0.5) is 11.5 Å². The summed E-state index contributed by atoms with van der Waals surface area (Å²) in [5, 5.41) is 20.6. The molecule has 2 rings (SSSR count). The molecule has 0 fully saturated rings. The Morgan fingerprint density at radius 2 is 1.86 bits per heavy atom. The molecular weight excluding hydrogens is 260 g/mol. The normalized spacial score (nSPS) is 10.2. The van der Waals surface area contributed by atoms with Gasteiger partial charge in [-0.25, -0.2) is 0 Å². The third kappa shape index (κ3) is 3.57. The van der Waals surface area contributed by atoms with Gasteiger partial charge >= 0.3 is 0 Å². The summed E-state index contributed by atoms with van der Waals surface area (Å²) in [4.78, 5) is 0. The maximum Gasteiger partial charge on any atom is 0.171 e. The van der Waals surface area contributed by atoms with Gasteiger partial charge in [0, 0.05) is 5.69 Å². The number of aromatic nitrogens is 2. The summed E-state index contributed by atoms with van der Waals surface area (Å²) < 4.78 is 0. The average molecular weight is 280 g/mol. The van der Waals surface area contributed by atoms with Crippen LogP contribution in [-0.2, 0) is 6.42 Å². The van der Waals surface area contributed by atoms with Gasteiger partial charge in [-0.05, 0) is 49.9 Å². The summed E-state index contributed by atoms with van der Waals surface area (Å²) in [6.45, 7) is 5.94. The molecule has 21 heavy (non-hydrogen) atoms. The Bertz CT molecular complexity index is 654. The predicted molar refractivity (Wildman–Crippen MR) is 84.6 cm³/mol. The Hall–Kier alpha value is -2.41. The summed E-state index contributed by atoms with van der Waals surface area (Å²) in [5.41, 5.74) is 4.46. The molecule has 0 aliphatic heterocycles. The Kier molecular flexibility index (Phi) is 4.89. The summed E-state index contributed by atoms with van der Waals surface area (Å²) in [6, 6.07) is 10.5. The largest absolute Gasteiger partial charge is 0.338 e. The van der Waals surface area contributed by atoms with Gasteiger partial charge in [0.1, 0.15) is 11.6 Å². The maximum atomic E-state index is 9.29. The third-order valence-electron chi connectivity index (χ3n) is 3.60. The van der Waals surface area contributed by atoms with Crippen molar-refractivity contribution in [2.45, 2.75) is 40.0 Å². The highest BCUT2D eigenvalue weighted by atomic mass is 15.2. The van der Waals surface area contributed by atoms with Gasteiger partial charge in [-0.15, -0.1) is 5.10 Å². The van der Waals surface area contributed by atoms with Crippen LogP contribution in [0.3, 0.4) is 0 Å². The predicted octanol–water partition coefficient (Wildman–Crippen LogP) is 4.05. The molecule has 0 saturated heterocycles. The second-order valence-corrected chi connectivity index (χ2v) is 5.17. The van der Waals surface area contributed by atoms with Crippen molar-refractivity contribution in [2.24, 2.45) is 0 Å². The lowest BCUT2D eigenvalue weighted by Gasteiger charge is -2.10. The highest BCUT2D eigenvalue weighted by Gasteiger charge is 2.10. The molecule has 1 aromatic carbocycles. The van der Waals surface area contributed by atoms with E-state index < -0.39 is 0 Å². The quantitative estimate of drug-likeness (QED) is 0.897. The molecule has 1 heterocycles. The zero-order valence-corrected chi connectivity index (χ0v) is 12.8. The number of aryl methyl sites for hydroxylation is 2. The summed E-state index contributed by atoms with van der Waals surface area (Å²) in [6.07, 6.45) is 3.50. The molecule has 0 saturated carbocycles. The van der Waals surface area contributed by atoms with Gasteiger partial charge in [-0.2, -0.15) is 10.4 Å². The van der Waals surface area contributed by atoms with Crippen molar-refractivity contribution in [2.75, 3.05) is 5.32 Å². The van der Waals surface area contributed by atoms with Crippen LogP contribution in [0, 0.1) is 25.2 Å². The van der Waals surface area contributed by atoms with Gasteiger partial charge in [0.2, 0.25) is 0 Å². The van der Waals surface area contributed by atoms with E-state index in [0.717, 1.165) is 23.4 Å². The molecule has 0 unspecified atom stereocenters. The molecular formula is C17H20N4. The number of hydrogen-bond acceptors (Lipinski definition) is 4. The second kappa shape index (κ2) is 6.85. The van der Waals surface area contributed by atoms with Crippen molar-refractivity contribution in [1.29, 1.82) is 5.26 Å². The van der Waals surface area contributed by atoms with Crippen LogP contribution in [0.2, 0.25) is 0 Å². The molecule has 0 aliphatic rings. The SMILES string of the molecule is CCCCc1ccc(Nc2nnc(C)c(C)c2C#N)cc1. The average Bonchev–Trinajstić information content (AvgIpc) is 2.50. The fourth-order valence-electron chi connectivity index (χ4n) is 2.11. The minimum Gasteiger partial charge on any atom is -0.338 e. The van der Waals surface area contributed by atoms with E-state index in [-0.39, 0.29) is 0 Å². The topological polar surface area (TPSA) is 61.6 Å². The minimum absolute atomic E-state index is 0.516. The van der Waals surface area contributed by atoms with E-state index >= 15 is 0 Å². The van der Waals surface area contributed by atoms with E-state index in [1.807, 2.05) is 26.0 Å². The summed E-state index contributed by atoms with van der Waals surface area (Å²) in [7, 11) is 0. The van der Waals surface area contributed by atoms with Crippen molar-refractivity contribution in [3.63, 3.8) is 0 Å². The Balaban J connectivity index is 2.19. The summed E-state index contributed by atoms with van der Waals surface area (Å²) >= 11 is 0. The van der Waals surface area contributed by atoms with Crippen LogP contribution >= 0.6 is 0 Å². The van der Waals surface area contributed by atoms with Gasteiger partial charge < -0.3 is 5.32 Å². The van der Waals surface area contributed by atoms with Crippen LogP contribution < -0.4 is 5.32 Å². The van der Waals surface area contributed by atoms with Crippen LogP contribution in [0.15, 0.2) is 24.3 Å². The Labute approximate surface area is 125 Å². The van der Waals surface area contributed by atoms with Gasteiger partial charge in [-0.3, -0.25) is 0 Å². The molecule has 108 valence electrons. The molecule has 0 atom stereocenters. The third-order valence-corrected chi connectivity index (χ3v) is 3.60.